The molecule has 1 rings (SSSR count). The number of aliphatic hydroxyl groups is 1. The summed E-state index contributed by atoms with van der Waals surface area (Å²) in [4.78, 5) is 2.33. The summed E-state index contributed by atoms with van der Waals surface area (Å²) in [7, 11) is 2.02. The van der Waals surface area contributed by atoms with Crippen LogP contribution in [-0.2, 0) is 0 Å². The van der Waals surface area contributed by atoms with Gasteiger partial charge in [0.25, 0.3) is 0 Å². The largest absolute Gasteiger partial charge is 0.390 e. The first kappa shape index (κ1) is 11.0. The molecule has 0 amide bonds. The van der Waals surface area contributed by atoms with Gasteiger partial charge in [0, 0.05) is 25.2 Å². The number of β-amino-alcohol motifs (C(OH)–C–C–N with tert-alkyl or cyclic N) is 1. The molecule has 13 heavy (non-hydrogen) atoms. The summed E-state index contributed by atoms with van der Waals surface area (Å²) in [5.74, 6) is 0. The maximum atomic E-state index is 9.34. The number of rotatable bonds is 5. The summed E-state index contributed by atoms with van der Waals surface area (Å²) in [5.41, 5.74) is 0. The van der Waals surface area contributed by atoms with E-state index in [2.05, 4.69) is 24.1 Å². The molecule has 1 saturated heterocycles. The van der Waals surface area contributed by atoms with Crippen molar-refractivity contribution in [2.75, 3.05) is 20.1 Å². The molecule has 1 fully saturated rings. The number of nitrogens with one attached hydrogen (secondary N) is 1. The van der Waals surface area contributed by atoms with Gasteiger partial charge in [-0.15, -0.1) is 0 Å². The van der Waals surface area contributed by atoms with Gasteiger partial charge in [-0.1, -0.05) is 13.3 Å². The summed E-state index contributed by atoms with van der Waals surface area (Å²) >= 11 is 0. The average molecular weight is 186 g/mol. The van der Waals surface area contributed by atoms with E-state index in [9.17, 15) is 5.11 Å². The molecule has 0 radical (unpaired) electrons. The SMILES string of the molecule is CCCC(CN1C[C@H](O)[C@@H]1C)NC. The summed E-state index contributed by atoms with van der Waals surface area (Å²) < 4.78 is 0. The van der Waals surface area contributed by atoms with Gasteiger partial charge in [-0.25, -0.2) is 0 Å². The lowest BCUT2D eigenvalue weighted by atomic mass is 9.99. The monoisotopic (exact) mass is 186 g/mol. The molecule has 0 spiro atoms. The Balaban J connectivity index is 2.23. The average Bonchev–Trinajstić information content (AvgIpc) is 2.15. The van der Waals surface area contributed by atoms with Crippen molar-refractivity contribution < 1.29 is 5.11 Å². The van der Waals surface area contributed by atoms with Crippen LogP contribution >= 0.6 is 0 Å². The fourth-order valence-corrected chi connectivity index (χ4v) is 1.86. The first-order chi connectivity index (χ1) is 6.19. The number of hydrogen-bond acceptors (Lipinski definition) is 3. The van der Waals surface area contributed by atoms with E-state index < -0.39 is 0 Å². The molecule has 0 aliphatic carbocycles. The fraction of sp³-hybridized carbons (Fsp3) is 1.00. The van der Waals surface area contributed by atoms with E-state index in [0.29, 0.717) is 12.1 Å². The molecule has 0 saturated carbocycles. The van der Waals surface area contributed by atoms with Crippen molar-refractivity contribution in [1.82, 2.24) is 10.2 Å². The molecule has 2 N–H and O–H groups in total. The zero-order valence-electron chi connectivity index (χ0n) is 8.95. The van der Waals surface area contributed by atoms with Gasteiger partial charge in [0.05, 0.1) is 6.10 Å². The van der Waals surface area contributed by atoms with Gasteiger partial charge < -0.3 is 10.4 Å². The third kappa shape index (κ3) is 2.66. The second-order valence-corrected chi connectivity index (χ2v) is 4.04. The van der Waals surface area contributed by atoms with Gasteiger partial charge in [0.2, 0.25) is 0 Å². The maximum Gasteiger partial charge on any atom is 0.0819 e. The highest BCUT2D eigenvalue weighted by atomic mass is 16.3. The molecule has 78 valence electrons. The first-order valence-corrected chi connectivity index (χ1v) is 5.28. The van der Waals surface area contributed by atoms with E-state index in [1.54, 1.807) is 0 Å². The highest BCUT2D eigenvalue weighted by Crippen LogP contribution is 2.18. The fourth-order valence-electron chi connectivity index (χ4n) is 1.86. The van der Waals surface area contributed by atoms with Crippen LogP contribution in [0.25, 0.3) is 0 Å². The van der Waals surface area contributed by atoms with Crippen molar-refractivity contribution in [3.05, 3.63) is 0 Å². The second kappa shape index (κ2) is 4.94. The summed E-state index contributed by atoms with van der Waals surface area (Å²) in [6.07, 6.45) is 2.34. The number of likely N-dealkylation sites (N-methyl/N-ethyl adjacent to an activating group) is 1. The Morgan fingerprint density at radius 1 is 1.62 bits per heavy atom. The highest BCUT2D eigenvalue weighted by Gasteiger charge is 2.34. The quantitative estimate of drug-likeness (QED) is 0.654. The van der Waals surface area contributed by atoms with E-state index in [-0.39, 0.29) is 6.10 Å². The molecule has 3 atom stereocenters. The van der Waals surface area contributed by atoms with Crippen LogP contribution in [0, 0.1) is 0 Å². The molecular formula is C10H22N2O. The first-order valence-electron chi connectivity index (χ1n) is 5.28. The molecule has 1 aliphatic rings. The lowest BCUT2D eigenvalue weighted by Crippen LogP contribution is -2.61. The van der Waals surface area contributed by atoms with Gasteiger partial charge in [-0.3, -0.25) is 4.90 Å². The Labute approximate surface area is 81.1 Å². The highest BCUT2D eigenvalue weighted by molar-refractivity contribution is 4.90. The van der Waals surface area contributed by atoms with Crippen molar-refractivity contribution >= 4 is 0 Å². The predicted octanol–water partition coefficient (Wildman–Crippen LogP) is 0.439. The van der Waals surface area contributed by atoms with Gasteiger partial charge in [-0.05, 0) is 20.4 Å². The molecule has 0 aromatic carbocycles. The van der Waals surface area contributed by atoms with Crippen molar-refractivity contribution in [2.24, 2.45) is 0 Å². The van der Waals surface area contributed by atoms with Crippen molar-refractivity contribution in [3.63, 3.8) is 0 Å². The van der Waals surface area contributed by atoms with Crippen LogP contribution < -0.4 is 5.32 Å². The molecule has 3 heteroatoms. The van der Waals surface area contributed by atoms with Crippen molar-refractivity contribution in [2.45, 2.75) is 44.9 Å². The van der Waals surface area contributed by atoms with Gasteiger partial charge in [0.15, 0.2) is 0 Å². The number of likely N-dealkylation sites (tertiary alicyclic amines) is 1. The predicted molar refractivity (Wildman–Crippen MR) is 54.8 cm³/mol. The molecule has 0 bridgehead atoms. The topological polar surface area (TPSA) is 35.5 Å². The molecule has 3 nitrogen and oxygen atoms in total. The van der Waals surface area contributed by atoms with Crippen molar-refractivity contribution in [1.29, 1.82) is 0 Å². The Morgan fingerprint density at radius 2 is 2.31 bits per heavy atom. The van der Waals surface area contributed by atoms with E-state index in [1.165, 1.54) is 12.8 Å². The second-order valence-electron chi connectivity index (χ2n) is 4.04. The maximum absolute atomic E-state index is 9.34. The summed E-state index contributed by atoms with van der Waals surface area (Å²) in [6.45, 7) is 6.22. The molecular weight excluding hydrogens is 164 g/mol. The van der Waals surface area contributed by atoms with Crippen LogP contribution in [-0.4, -0.2) is 48.3 Å². The molecule has 1 unspecified atom stereocenters. The molecule has 0 aromatic rings. The van der Waals surface area contributed by atoms with Crippen LogP contribution in [0.4, 0.5) is 0 Å². The van der Waals surface area contributed by atoms with Crippen molar-refractivity contribution in [3.8, 4) is 0 Å². The lowest BCUT2D eigenvalue weighted by Gasteiger charge is -2.45. The Kier molecular flexibility index (Phi) is 4.16. The normalized spacial score (nSPS) is 31.4. The zero-order valence-corrected chi connectivity index (χ0v) is 8.95. The molecule has 1 aliphatic heterocycles. The minimum absolute atomic E-state index is 0.0980. The van der Waals surface area contributed by atoms with E-state index in [4.69, 9.17) is 0 Å². The lowest BCUT2D eigenvalue weighted by molar-refractivity contribution is -0.0561. The minimum atomic E-state index is -0.0980. The Bertz CT molecular complexity index is 150. The third-order valence-corrected chi connectivity index (χ3v) is 3.05. The summed E-state index contributed by atoms with van der Waals surface area (Å²) in [6, 6.07) is 0.938. The smallest absolute Gasteiger partial charge is 0.0819 e. The van der Waals surface area contributed by atoms with Crippen LogP contribution in [0.3, 0.4) is 0 Å². The number of aliphatic hydroxyl groups excluding tert-OH is 1. The minimum Gasteiger partial charge on any atom is -0.390 e. The van der Waals surface area contributed by atoms with Crippen LogP contribution in [0.1, 0.15) is 26.7 Å². The van der Waals surface area contributed by atoms with E-state index in [1.807, 2.05) is 7.05 Å². The zero-order chi connectivity index (χ0) is 9.84. The number of nitrogens with zero attached hydrogens (tertiary/aromatic N) is 1. The van der Waals surface area contributed by atoms with Gasteiger partial charge in [-0.2, -0.15) is 0 Å². The Morgan fingerprint density at radius 3 is 2.69 bits per heavy atom. The molecule has 0 aromatic heterocycles. The third-order valence-electron chi connectivity index (χ3n) is 3.05. The van der Waals surface area contributed by atoms with E-state index in [0.717, 1.165) is 13.1 Å². The number of hydrogen-bond donors (Lipinski definition) is 2. The van der Waals surface area contributed by atoms with Crippen LogP contribution in [0.2, 0.25) is 0 Å². The standard InChI is InChI=1S/C10H22N2O/c1-4-5-9(11-3)6-12-7-10(13)8(12)2/h8-11,13H,4-7H2,1-3H3/t8-,9?,10-/m0/s1. The van der Waals surface area contributed by atoms with Crippen LogP contribution in [0.15, 0.2) is 0 Å². The van der Waals surface area contributed by atoms with E-state index >= 15 is 0 Å². The Hall–Kier alpha value is -0.120. The molecule has 1 heterocycles. The summed E-state index contributed by atoms with van der Waals surface area (Å²) in [5, 5.41) is 12.7. The van der Waals surface area contributed by atoms with Crippen LogP contribution in [0.5, 0.6) is 0 Å². The van der Waals surface area contributed by atoms with Gasteiger partial charge >= 0.3 is 0 Å². The van der Waals surface area contributed by atoms with Gasteiger partial charge in [0.1, 0.15) is 0 Å².